The molecule has 6 rings (SSSR count). The van der Waals surface area contributed by atoms with Crippen LogP contribution in [0.3, 0.4) is 0 Å². The summed E-state index contributed by atoms with van der Waals surface area (Å²) < 4.78 is 33.4. The monoisotopic (exact) mass is 808 g/mol. The number of piperazine rings is 1. The molecule has 12 nitrogen and oxygen atoms in total. The summed E-state index contributed by atoms with van der Waals surface area (Å²) in [5, 5.41) is 3.02. The zero-order valence-corrected chi connectivity index (χ0v) is 31.4. The molecule has 0 saturated carbocycles. The number of nitrogens with one attached hydrogen (secondary N) is 2. The number of para-hydroxylation sites is 1. The highest BCUT2D eigenvalue weighted by Crippen LogP contribution is 2.31. The Balaban J connectivity index is 1.11. The van der Waals surface area contributed by atoms with E-state index < -0.39 is 16.3 Å². The lowest BCUT2D eigenvalue weighted by Crippen LogP contribution is -2.59. The van der Waals surface area contributed by atoms with Gasteiger partial charge in [0.05, 0.1) is 5.69 Å². The second-order valence-corrected chi connectivity index (χ2v) is 16.8. The Bertz CT molecular complexity index is 1570. The summed E-state index contributed by atoms with van der Waals surface area (Å²) in [5.41, 5.74) is 9.36. The number of carbonyl (C=O) groups excluding carboxylic acids is 2. The van der Waals surface area contributed by atoms with Crippen LogP contribution in [0.25, 0.3) is 0 Å². The zero-order valence-electron chi connectivity index (χ0n) is 27.4. The number of hydrogen-bond donors (Lipinski definition) is 3. The number of urea groups is 1. The van der Waals surface area contributed by atoms with Crippen molar-refractivity contribution in [1.29, 1.82) is 0 Å². The van der Waals surface area contributed by atoms with Gasteiger partial charge >= 0.3 is 6.03 Å². The predicted molar refractivity (Wildman–Crippen MR) is 195 cm³/mol. The van der Waals surface area contributed by atoms with Crippen molar-refractivity contribution in [2.75, 3.05) is 77.0 Å². The summed E-state index contributed by atoms with van der Waals surface area (Å²) in [5.74, 6) is -0.221. The first-order chi connectivity index (χ1) is 23.0. The summed E-state index contributed by atoms with van der Waals surface area (Å²) in [6.07, 6.45) is 4.19. The number of nitrogen functional groups attached to an aromatic ring is 1. The minimum atomic E-state index is -4.01. The average molecular weight is 811 g/mol. The van der Waals surface area contributed by atoms with E-state index in [1.54, 1.807) is 0 Å². The van der Waals surface area contributed by atoms with Crippen LogP contribution >= 0.6 is 31.9 Å². The van der Waals surface area contributed by atoms with Crippen LogP contribution in [0.15, 0.2) is 45.3 Å². The van der Waals surface area contributed by atoms with Crippen LogP contribution < -0.4 is 15.8 Å². The molecule has 0 radical (unpaired) electrons. The molecule has 0 spiro atoms. The number of hydrogen-bond acceptors (Lipinski definition) is 7. The molecule has 48 heavy (non-hydrogen) atoms. The minimum Gasteiger partial charge on any atom is -0.397 e. The maximum Gasteiger partial charge on any atom is 0.322 e. The summed E-state index contributed by atoms with van der Waals surface area (Å²) in [6.45, 7) is 5.93. The van der Waals surface area contributed by atoms with Crippen LogP contribution in [0.2, 0.25) is 0 Å². The Morgan fingerprint density at radius 3 is 2.23 bits per heavy atom. The standard InChI is InChI=1S/C33H46Br2N8O4S/c1-39-11-7-25(8-12-39)40-16-18-41(19-17-40)32(44)30(22-23-20-27(34)31(36)28(35)21-23)38-48(46,47)42-13-9-26(10-14-42)43-15-6-24-4-2-3-5-29(24)37-33(43)45/h2-5,20-21,25-26,30,38H,6-19,22,36H2,1H3,(H,37,45)/t30-/m0/s1. The molecule has 4 heterocycles. The van der Waals surface area contributed by atoms with Gasteiger partial charge in [0.2, 0.25) is 5.91 Å². The summed E-state index contributed by atoms with van der Waals surface area (Å²) in [4.78, 5) is 35.7. The number of anilines is 2. The Labute approximate surface area is 300 Å². The van der Waals surface area contributed by atoms with Gasteiger partial charge in [-0.2, -0.15) is 17.4 Å². The molecule has 3 amide bonds. The second-order valence-electron chi connectivity index (χ2n) is 13.4. The lowest BCUT2D eigenvalue weighted by Gasteiger charge is -2.43. The van der Waals surface area contributed by atoms with Crippen molar-refractivity contribution in [3.05, 3.63) is 56.5 Å². The highest BCUT2D eigenvalue weighted by atomic mass is 79.9. The first-order valence-electron chi connectivity index (χ1n) is 16.9. The quantitative estimate of drug-likeness (QED) is 0.349. The Morgan fingerprint density at radius 2 is 1.56 bits per heavy atom. The molecular formula is C33H46Br2N8O4S. The molecule has 3 saturated heterocycles. The third-order valence-electron chi connectivity index (χ3n) is 10.3. The first kappa shape index (κ1) is 35.6. The number of benzene rings is 2. The van der Waals surface area contributed by atoms with Crippen molar-refractivity contribution >= 4 is 65.4 Å². The Morgan fingerprint density at radius 1 is 0.938 bits per heavy atom. The van der Waals surface area contributed by atoms with Crippen LogP contribution in [0.4, 0.5) is 16.2 Å². The average Bonchev–Trinajstić information content (AvgIpc) is 3.25. The van der Waals surface area contributed by atoms with Gasteiger partial charge in [0.1, 0.15) is 6.04 Å². The lowest BCUT2D eigenvalue weighted by molar-refractivity contribution is -0.135. The molecule has 0 bridgehead atoms. The molecule has 4 N–H and O–H groups in total. The van der Waals surface area contributed by atoms with Gasteiger partial charge in [-0.1, -0.05) is 18.2 Å². The summed E-state index contributed by atoms with van der Waals surface area (Å²) in [7, 11) is -1.86. The maximum atomic E-state index is 14.1. The Hall–Kier alpha value is -2.27. The number of piperidine rings is 2. The summed E-state index contributed by atoms with van der Waals surface area (Å²) >= 11 is 6.98. The van der Waals surface area contributed by atoms with E-state index in [2.05, 4.69) is 58.7 Å². The highest BCUT2D eigenvalue weighted by molar-refractivity contribution is 9.11. The molecule has 3 fully saturated rings. The fourth-order valence-electron chi connectivity index (χ4n) is 7.44. The van der Waals surface area contributed by atoms with Crippen LogP contribution in [0.1, 0.15) is 36.8 Å². The van der Waals surface area contributed by atoms with Crippen molar-refractivity contribution in [2.24, 2.45) is 0 Å². The molecule has 2 aromatic carbocycles. The van der Waals surface area contributed by atoms with Gasteiger partial charge in [0, 0.05) is 72.5 Å². The van der Waals surface area contributed by atoms with Gasteiger partial charge in [-0.05, 0) is 120 Å². The normalized spacial score (nSPS) is 21.9. The number of carbonyl (C=O) groups is 2. The third kappa shape index (κ3) is 8.19. The molecule has 0 unspecified atom stereocenters. The number of likely N-dealkylation sites (tertiary alicyclic amines) is 1. The third-order valence-corrected chi connectivity index (χ3v) is 13.3. The SMILES string of the molecule is CN1CCC(N2CCN(C(=O)[C@H](Cc3cc(Br)c(N)c(Br)c3)NS(=O)(=O)N3CCC(N4CCc5ccccc5NC4=O)CC3)CC2)CC1. The van der Waals surface area contributed by atoms with Gasteiger partial charge in [-0.3, -0.25) is 9.69 Å². The van der Waals surface area contributed by atoms with E-state index in [4.69, 9.17) is 5.73 Å². The second kappa shape index (κ2) is 15.3. The molecule has 2 aromatic rings. The Kier molecular flexibility index (Phi) is 11.3. The number of nitrogens with two attached hydrogens (primary N) is 1. The molecular weight excluding hydrogens is 764 g/mol. The molecule has 0 aliphatic carbocycles. The molecule has 4 aliphatic rings. The number of amides is 3. The fourth-order valence-corrected chi connectivity index (χ4v) is 10.1. The van der Waals surface area contributed by atoms with E-state index in [0.29, 0.717) is 53.2 Å². The van der Waals surface area contributed by atoms with Crippen molar-refractivity contribution in [3.8, 4) is 0 Å². The van der Waals surface area contributed by atoms with E-state index in [9.17, 15) is 18.0 Å². The molecule has 1 atom stereocenters. The van der Waals surface area contributed by atoms with Gasteiger partial charge < -0.3 is 25.8 Å². The van der Waals surface area contributed by atoms with Crippen molar-refractivity contribution in [1.82, 2.24) is 28.6 Å². The predicted octanol–water partition coefficient (Wildman–Crippen LogP) is 3.33. The molecule has 15 heteroatoms. The topological polar surface area (TPSA) is 135 Å². The highest BCUT2D eigenvalue weighted by Gasteiger charge is 2.38. The van der Waals surface area contributed by atoms with Gasteiger partial charge in [-0.15, -0.1) is 0 Å². The maximum absolute atomic E-state index is 14.1. The lowest BCUT2D eigenvalue weighted by atomic mass is 10.0. The van der Waals surface area contributed by atoms with Gasteiger partial charge in [0.15, 0.2) is 0 Å². The van der Waals surface area contributed by atoms with E-state index in [0.717, 1.165) is 62.3 Å². The number of nitrogens with zero attached hydrogens (tertiary/aromatic N) is 5. The van der Waals surface area contributed by atoms with Crippen molar-refractivity contribution < 1.29 is 18.0 Å². The molecule has 0 aromatic heterocycles. The molecule has 262 valence electrons. The fraction of sp³-hybridized carbons (Fsp3) is 0.576. The van der Waals surface area contributed by atoms with Crippen LogP contribution in [-0.4, -0.2) is 128 Å². The number of rotatable bonds is 8. The smallest absolute Gasteiger partial charge is 0.322 e. The van der Waals surface area contributed by atoms with Crippen LogP contribution in [0.5, 0.6) is 0 Å². The minimum absolute atomic E-state index is 0.0754. The molecule has 4 aliphatic heterocycles. The van der Waals surface area contributed by atoms with Crippen molar-refractivity contribution in [2.45, 2.75) is 56.7 Å². The van der Waals surface area contributed by atoms with Crippen molar-refractivity contribution in [3.63, 3.8) is 0 Å². The van der Waals surface area contributed by atoms with E-state index in [1.807, 2.05) is 46.2 Å². The van der Waals surface area contributed by atoms with E-state index in [-0.39, 0.29) is 37.5 Å². The number of halogens is 2. The number of fused-ring (bicyclic) bond motifs is 1. The van der Waals surface area contributed by atoms with Crippen LogP contribution in [-0.2, 0) is 27.8 Å². The largest absolute Gasteiger partial charge is 0.397 e. The first-order valence-corrected chi connectivity index (χ1v) is 19.9. The van der Waals surface area contributed by atoms with E-state index >= 15 is 0 Å². The van der Waals surface area contributed by atoms with Crippen LogP contribution in [0, 0.1) is 0 Å². The zero-order chi connectivity index (χ0) is 34.0. The van der Waals surface area contributed by atoms with Gasteiger partial charge in [0.25, 0.3) is 10.2 Å². The van der Waals surface area contributed by atoms with E-state index in [1.165, 1.54) is 4.31 Å². The summed E-state index contributed by atoms with van der Waals surface area (Å²) in [6, 6.07) is 10.8. The van der Waals surface area contributed by atoms with Gasteiger partial charge in [-0.25, -0.2) is 4.79 Å².